The predicted octanol–water partition coefficient (Wildman–Crippen LogP) is 3.45. The normalized spacial score (nSPS) is 22.9. The maximum absolute atomic E-state index is 12.5. The lowest BCUT2D eigenvalue weighted by Gasteiger charge is -2.22. The van der Waals surface area contributed by atoms with Gasteiger partial charge in [-0.3, -0.25) is 9.59 Å². The van der Waals surface area contributed by atoms with E-state index < -0.39 is 41.8 Å². The fraction of sp³-hybridized carbons (Fsp3) is 0.292. The zero-order valence-corrected chi connectivity index (χ0v) is 17.9. The van der Waals surface area contributed by atoms with Crippen LogP contribution < -0.4 is 4.74 Å². The number of carbonyl (C=O) groups is 3. The SMILES string of the molecule is O=C(O)C[C@@H]1[C@@H](C=C(Cl)C(=O)COc2ccccc2)[C@H](OC(=O)c2ccccc2)C[C@@H]1O. The molecule has 4 atom stereocenters. The Morgan fingerprint density at radius 1 is 1.03 bits per heavy atom. The summed E-state index contributed by atoms with van der Waals surface area (Å²) in [6.45, 7) is -0.313. The zero-order valence-electron chi connectivity index (χ0n) is 17.1. The number of ether oxygens (including phenoxy) is 2. The molecule has 0 amide bonds. The average molecular weight is 459 g/mol. The van der Waals surface area contributed by atoms with Crippen LogP contribution in [0.15, 0.2) is 71.8 Å². The fourth-order valence-corrected chi connectivity index (χ4v) is 3.91. The number of hydrogen-bond acceptors (Lipinski definition) is 6. The van der Waals surface area contributed by atoms with Gasteiger partial charge in [0.25, 0.3) is 0 Å². The lowest BCUT2D eigenvalue weighted by atomic mass is 9.90. The second-order valence-corrected chi connectivity index (χ2v) is 7.90. The van der Waals surface area contributed by atoms with Gasteiger partial charge in [0.15, 0.2) is 6.61 Å². The van der Waals surface area contributed by atoms with E-state index in [-0.39, 0.29) is 24.5 Å². The first kappa shape index (κ1) is 23.5. The Kier molecular flexibility index (Phi) is 8.03. The van der Waals surface area contributed by atoms with Crippen molar-refractivity contribution in [3.63, 3.8) is 0 Å². The van der Waals surface area contributed by atoms with E-state index in [9.17, 15) is 24.6 Å². The van der Waals surface area contributed by atoms with Gasteiger partial charge >= 0.3 is 11.9 Å². The first-order valence-corrected chi connectivity index (χ1v) is 10.5. The Bertz CT molecular complexity index is 974. The highest BCUT2D eigenvalue weighted by molar-refractivity contribution is 6.42. The molecule has 1 aliphatic carbocycles. The molecule has 168 valence electrons. The second-order valence-electron chi connectivity index (χ2n) is 7.49. The largest absolute Gasteiger partial charge is 0.485 e. The van der Waals surface area contributed by atoms with Gasteiger partial charge in [0, 0.05) is 18.3 Å². The molecular weight excluding hydrogens is 436 g/mol. The average Bonchev–Trinajstić information content (AvgIpc) is 3.06. The Balaban J connectivity index is 1.75. The molecule has 32 heavy (non-hydrogen) atoms. The second kappa shape index (κ2) is 10.9. The molecule has 7 nitrogen and oxygen atoms in total. The molecule has 2 N–H and O–H groups in total. The summed E-state index contributed by atoms with van der Waals surface area (Å²) in [7, 11) is 0. The molecule has 0 spiro atoms. The smallest absolute Gasteiger partial charge is 0.338 e. The van der Waals surface area contributed by atoms with Crippen molar-refractivity contribution in [3.05, 3.63) is 77.3 Å². The molecule has 0 unspecified atom stereocenters. The van der Waals surface area contributed by atoms with Gasteiger partial charge < -0.3 is 19.7 Å². The highest BCUT2D eigenvalue weighted by Crippen LogP contribution is 2.39. The van der Waals surface area contributed by atoms with Crippen molar-refractivity contribution in [2.45, 2.75) is 25.0 Å². The summed E-state index contributed by atoms with van der Waals surface area (Å²) in [6, 6.07) is 17.0. The van der Waals surface area contributed by atoms with Gasteiger partial charge in [0.1, 0.15) is 11.9 Å². The molecule has 0 bridgehead atoms. The van der Waals surface area contributed by atoms with Crippen LogP contribution >= 0.6 is 11.6 Å². The number of carboxylic acids is 1. The van der Waals surface area contributed by atoms with E-state index in [0.29, 0.717) is 11.3 Å². The lowest BCUT2D eigenvalue weighted by molar-refractivity contribution is -0.139. The highest BCUT2D eigenvalue weighted by atomic mass is 35.5. The molecule has 0 aliphatic heterocycles. The van der Waals surface area contributed by atoms with E-state index in [1.165, 1.54) is 6.08 Å². The summed E-state index contributed by atoms with van der Waals surface area (Å²) in [5.74, 6) is -3.25. The van der Waals surface area contributed by atoms with E-state index in [1.54, 1.807) is 54.6 Å². The summed E-state index contributed by atoms with van der Waals surface area (Å²) in [4.78, 5) is 36.3. The number of aliphatic hydroxyl groups excluding tert-OH is 1. The third kappa shape index (κ3) is 6.18. The van der Waals surface area contributed by atoms with E-state index in [1.807, 2.05) is 6.07 Å². The number of aliphatic carboxylic acids is 1. The van der Waals surface area contributed by atoms with E-state index in [4.69, 9.17) is 21.1 Å². The highest BCUT2D eigenvalue weighted by Gasteiger charge is 2.45. The van der Waals surface area contributed by atoms with Gasteiger partial charge in [-0.05, 0) is 24.3 Å². The van der Waals surface area contributed by atoms with Crippen molar-refractivity contribution in [2.24, 2.45) is 11.8 Å². The zero-order chi connectivity index (χ0) is 23.1. The van der Waals surface area contributed by atoms with Gasteiger partial charge in [-0.1, -0.05) is 54.1 Å². The first-order valence-electron chi connectivity index (χ1n) is 10.1. The topological polar surface area (TPSA) is 110 Å². The number of aliphatic hydroxyl groups is 1. The third-order valence-corrected chi connectivity index (χ3v) is 5.63. The summed E-state index contributed by atoms with van der Waals surface area (Å²) in [6.07, 6.45) is -0.818. The molecule has 1 aliphatic rings. The van der Waals surface area contributed by atoms with Crippen LogP contribution in [0.3, 0.4) is 0 Å². The van der Waals surface area contributed by atoms with E-state index in [0.717, 1.165) is 0 Å². The van der Waals surface area contributed by atoms with Crippen molar-refractivity contribution < 1.29 is 34.1 Å². The maximum atomic E-state index is 12.5. The number of ketones is 1. The van der Waals surface area contributed by atoms with E-state index >= 15 is 0 Å². The van der Waals surface area contributed by atoms with Crippen molar-refractivity contribution in [1.82, 2.24) is 0 Å². The molecule has 0 saturated heterocycles. The summed E-state index contributed by atoms with van der Waals surface area (Å²) in [5.41, 5.74) is 0.324. The molecular formula is C24H23ClO7. The first-order chi connectivity index (χ1) is 15.3. The Morgan fingerprint density at radius 3 is 2.28 bits per heavy atom. The van der Waals surface area contributed by atoms with Crippen LogP contribution in [0.25, 0.3) is 0 Å². The van der Waals surface area contributed by atoms with Crippen LogP contribution in [-0.2, 0) is 14.3 Å². The monoisotopic (exact) mass is 458 g/mol. The van der Waals surface area contributed by atoms with Crippen LogP contribution in [-0.4, -0.2) is 46.7 Å². The van der Waals surface area contributed by atoms with Crippen molar-refractivity contribution in [3.8, 4) is 5.75 Å². The summed E-state index contributed by atoms with van der Waals surface area (Å²) >= 11 is 6.21. The summed E-state index contributed by atoms with van der Waals surface area (Å²) < 4.78 is 11.0. The minimum atomic E-state index is -1.11. The molecule has 0 heterocycles. The van der Waals surface area contributed by atoms with Gasteiger partial charge in [0.2, 0.25) is 5.78 Å². The molecule has 0 aromatic heterocycles. The van der Waals surface area contributed by atoms with Gasteiger partial charge in [-0.15, -0.1) is 0 Å². The van der Waals surface area contributed by atoms with Crippen LogP contribution in [0.4, 0.5) is 0 Å². The van der Waals surface area contributed by atoms with Crippen molar-refractivity contribution in [2.75, 3.05) is 6.61 Å². The standard InChI is InChI=1S/C24H23ClO7/c25-19(21(27)14-31-16-9-5-2-6-10-16)11-18-17(12-23(28)29)20(26)13-22(18)32-24(30)15-7-3-1-4-8-15/h1-11,17-18,20,22,26H,12-14H2,(H,28,29)/t17-,18-,20+,22-/m1/s1. The molecule has 2 aromatic rings. The number of halogens is 1. The number of para-hydroxylation sites is 1. The molecule has 8 heteroatoms. The van der Waals surface area contributed by atoms with Crippen molar-refractivity contribution >= 4 is 29.3 Å². The lowest BCUT2D eigenvalue weighted by Crippen LogP contribution is -2.27. The van der Waals surface area contributed by atoms with Crippen molar-refractivity contribution in [1.29, 1.82) is 0 Å². The predicted molar refractivity (Wildman–Crippen MR) is 116 cm³/mol. The van der Waals surface area contributed by atoms with Gasteiger partial charge in [0.05, 0.1) is 23.1 Å². The number of hydrogen-bond donors (Lipinski definition) is 2. The molecule has 1 fully saturated rings. The Morgan fingerprint density at radius 2 is 1.66 bits per heavy atom. The quantitative estimate of drug-likeness (QED) is 0.437. The Hall–Kier alpha value is -3.16. The van der Waals surface area contributed by atoms with Crippen LogP contribution in [0.1, 0.15) is 23.2 Å². The Labute approximate surface area is 190 Å². The minimum Gasteiger partial charge on any atom is -0.485 e. The molecule has 2 aromatic carbocycles. The third-order valence-electron chi connectivity index (χ3n) is 5.29. The minimum absolute atomic E-state index is 0.0383. The fourth-order valence-electron chi connectivity index (χ4n) is 3.71. The number of rotatable bonds is 9. The molecule has 0 radical (unpaired) electrons. The van der Waals surface area contributed by atoms with Crippen LogP contribution in [0.2, 0.25) is 0 Å². The molecule has 1 saturated carbocycles. The van der Waals surface area contributed by atoms with Gasteiger partial charge in [-0.25, -0.2) is 4.79 Å². The van der Waals surface area contributed by atoms with E-state index in [2.05, 4.69) is 0 Å². The number of carboxylic acid groups (broad SMARTS) is 1. The van der Waals surface area contributed by atoms with Crippen LogP contribution in [0, 0.1) is 11.8 Å². The van der Waals surface area contributed by atoms with Crippen LogP contribution in [0.5, 0.6) is 5.75 Å². The number of carbonyl (C=O) groups excluding carboxylic acids is 2. The number of benzene rings is 2. The summed E-state index contributed by atoms with van der Waals surface area (Å²) in [5, 5.41) is 19.5. The maximum Gasteiger partial charge on any atom is 0.338 e. The molecule has 3 rings (SSSR count). The van der Waals surface area contributed by atoms with Gasteiger partial charge in [-0.2, -0.15) is 0 Å². The number of esters is 1. The number of Topliss-reactive ketones (excluding diaryl/α,β-unsaturated/α-hetero) is 1.